The molecule has 1 N–H and O–H groups in total. The van der Waals surface area contributed by atoms with Crippen LogP contribution in [-0.4, -0.2) is 40.4 Å². The van der Waals surface area contributed by atoms with Gasteiger partial charge in [-0.05, 0) is 112 Å². The van der Waals surface area contributed by atoms with Crippen molar-refractivity contribution in [1.29, 1.82) is 0 Å². The highest BCUT2D eigenvalue weighted by molar-refractivity contribution is 5.87. The molecule has 6 fully saturated rings. The van der Waals surface area contributed by atoms with Crippen LogP contribution in [0.15, 0.2) is 0 Å². The first-order chi connectivity index (χ1) is 16.7. The minimum atomic E-state index is -0.720. The van der Waals surface area contributed by atoms with E-state index < -0.39 is 5.60 Å². The number of Topliss-reactive ketones (excluding diaryl/α,β-unsaturated/α-hetero) is 1. The maximum absolute atomic E-state index is 13.3. The van der Waals surface area contributed by atoms with E-state index in [0.717, 1.165) is 57.9 Å². The second-order valence-corrected chi connectivity index (χ2v) is 14.5. The van der Waals surface area contributed by atoms with Gasteiger partial charge in [0.25, 0.3) is 0 Å². The van der Waals surface area contributed by atoms with Crippen LogP contribution in [0.4, 0.5) is 0 Å². The van der Waals surface area contributed by atoms with Crippen molar-refractivity contribution >= 4 is 11.7 Å². The van der Waals surface area contributed by atoms with Gasteiger partial charge in [-0.2, -0.15) is 0 Å². The van der Waals surface area contributed by atoms with Crippen molar-refractivity contribution < 1.29 is 14.7 Å². The summed E-state index contributed by atoms with van der Waals surface area (Å²) in [6.07, 6.45) is 17.9. The second kappa shape index (κ2) is 8.84. The number of aliphatic hydroxyl groups is 1. The van der Waals surface area contributed by atoms with Crippen molar-refractivity contribution in [2.45, 2.75) is 122 Å². The average molecular weight is 484 g/mol. The fourth-order valence-corrected chi connectivity index (χ4v) is 10.1. The van der Waals surface area contributed by atoms with Gasteiger partial charge >= 0.3 is 0 Å². The number of fused-ring (bicyclic) bond motifs is 5. The Bertz CT molecular complexity index is 846. The number of carbonyl (C=O) groups excluding carboxylic acids is 2. The van der Waals surface area contributed by atoms with E-state index in [2.05, 4.69) is 18.7 Å². The van der Waals surface area contributed by atoms with Gasteiger partial charge < -0.3 is 10.0 Å². The van der Waals surface area contributed by atoms with E-state index in [1.165, 1.54) is 51.4 Å². The molecule has 0 heterocycles. The molecule has 6 rings (SSSR count). The summed E-state index contributed by atoms with van der Waals surface area (Å²) in [6, 6.07) is 0. The molecule has 196 valence electrons. The summed E-state index contributed by atoms with van der Waals surface area (Å²) in [4.78, 5) is 28.1. The topological polar surface area (TPSA) is 57.6 Å². The summed E-state index contributed by atoms with van der Waals surface area (Å²) in [7, 11) is 0. The first-order valence-corrected chi connectivity index (χ1v) is 15.3. The van der Waals surface area contributed by atoms with Gasteiger partial charge in [-0.15, -0.1) is 0 Å². The fourth-order valence-electron chi connectivity index (χ4n) is 10.1. The van der Waals surface area contributed by atoms with E-state index in [1.807, 2.05) is 0 Å². The van der Waals surface area contributed by atoms with Crippen LogP contribution in [0.25, 0.3) is 0 Å². The summed E-state index contributed by atoms with van der Waals surface area (Å²) in [5, 5.41) is 12.0. The van der Waals surface area contributed by atoms with Crippen molar-refractivity contribution in [2.75, 3.05) is 13.1 Å². The maximum Gasteiger partial charge on any atom is 0.225 e. The Kier molecular flexibility index (Phi) is 6.18. The Morgan fingerprint density at radius 2 is 1.69 bits per heavy atom. The molecule has 7 atom stereocenters. The molecule has 0 radical (unpaired) electrons. The van der Waals surface area contributed by atoms with Gasteiger partial charge in [0.15, 0.2) is 0 Å². The fraction of sp³-hybridized carbons (Fsp3) is 0.935. The molecule has 35 heavy (non-hydrogen) atoms. The molecule has 0 aromatic rings. The lowest BCUT2D eigenvalue weighted by Crippen LogP contribution is -2.58. The van der Waals surface area contributed by atoms with Crippen molar-refractivity contribution in [1.82, 2.24) is 4.90 Å². The van der Waals surface area contributed by atoms with Gasteiger partial charge in [-0.3, -0.25) is 9.59 Å². The smallest absolute Gasteiger partial charge is 0.225 e. The van der Waals surface area contributed by atoms with Gasteiger partial charge in [-0.1, -0.05) is 33.1 Å². The van der Waals surface area contributed by atoms with Crippen LogP contribution in [-0.2, 0) is 9.59 Å². The molecule has 6 aliphatic carbocycles. The Morgan fingerprint density at radius 1 is 0.914 bits per heavy atom. The van der Waals surface area contributed by atoms with Crippen LogP contribution < -0.4 is 0 Å². The number of amides is 1. The van der Waals surface area contributed by atoms with Gasteiger partial charge in [0.1, 0.15) is 5.78 Å². The average Bonchev–Trinajstić information content (AvgIpc) is 3.64. The van der Waals surface area contributed by atoms with Crippen LogP contribution in [0.3, 0.4) is 0 Å². The molecule has 0 aliphatic heterocycles. The normalized spacial score (nSPS) is 46.0. The molecule has 0 aromatic carbocycles. The first-order valence-electron chi connectivity index (χ1n) is 15.3. The summed E-state index contributed by atoms with van der Waals surface area (Å²) >= 11 is 0. The van der Waals surface area contributed by atoms with Crippen molar-refractivity contribution in [3.63, 3.8) is 0 Å². The van der Waals surface area contributed by atoms with E-state index >= 15 is 0 Å². The molecule has 4 heteroatoms. The molecule has 4 nitrogen and oxygen atoms in total. The summed E-state index contributed by atoms with van der Waals surface area (Å²) in [5.41, 5.74) is -0.484. The highest BCUT2D eigenvalue weighted by atomic mass is 16.3. The van der Waals surface area contributed by atoms with E-state index in [4.69, 9.17) is 0 Å². The first kappa shape index (κ1) is 24.4. The highest BCUT2D eigenvalue weighted by Gasteiger charge is 2.61. The maximum atomic E-state index is 13.3. The third-order valence-electron chi connectivity index (χ3n) is 12.5. The number of ketones is 1. The van der Waals surface area contributed by atoms with Gasteiger partial charge in [0.2, 0.25) is 5.91 Å². The minimum absolute atomic E-state index is 0.0530. The molecular formula is C31H49NO3. The van der Waals surface area contributed by atoms with Crippen molar-refractivity contribution in [3.8, 4) is 0 Å². The number of hydrogen-bond donors (Lipinski definition) is 1. The monoisotopic (exact) mass is 483 g/mol. The van der Waals surface area contributed by atoms with Crippen LogP contribution in [0.1, 0.15) is 117 Å². The Labute approximate surface area is 213 Å². The zero-order chi connectivity index (χ0) is 24.4. The molecule has 0 unspecified atom stereocenters. The summed E-state index contributed by atoms with van der Waals surface area (Å²) in [5.74, 6) is 4.28. The van der Waals surface area contributed by atoms with Crippen molar-refractivity contribution in [3.05, 3.63) is 0 Å². The Balaban J connectivity index is 1.16. The van der Waals surface area contributed by atoms with Crippen LogP contribution >= 0.6 is 0 Å². The standard InChI is InChI=1S/C31H49NO3/c1-29-16-17-31(35,20-32(28(34)22-8-9-22)19-21-6-4-3-5-7-21)18-23(29)10-11-24-25-12-13-27(33)30(25,2)15-14-26(24)29/h21-26,35H,3-20H2,1-2H3/t23-,24-,25-,26-,29-,30-,31+/m0/s1. The molecule has 0 saturated heterocycles. The summed E-state index contributed by atoms with van der Waals surface area (Å²) in [6.45, 7) is 6.24. The molecule has 6 saturated carbocycles. The zero-order valence-corrected chi connectivity index (χ0v) is 22.4. The van der Waals surface area contributed by atoms with E-state index in [-0.39, 0.29) is 16.7 Å². The minimum Gasteiger partial charge on any atom is -0.388 e. The van der Waals surface area contributed by atoms with E-state index in [0.29, 0.717) is 47.8 Å². The van der Waals surface area contributed by atoms with Gasteiger partial charge in [0, 0.05) is 30.8 Å². The van der Waals surface area contributed by atoms with Gasteiger partial charge in [0.05, 0.1) is 5.60 Å². The number of nitrogens with zero attached hydrogens (tertiary/aromatic N) is 1. The molecule has 0 spiro atoms. The molecule has 6 aliphatic rings. The van der Waals surface area contributed by atoms with Crippen LogP contribution in [0.5, 0.6) is 0 Å². The Hall–Kier alpha value is -0.900. The molecule has 0 aromatic heterocycles. The number of rotatable bonds is 5. The third-order valence-corrected chi connectivity index (χ3v) is 12.5. The molecular weight excluding hydrogens is 434 g/mol. The highest BCUT2D eigenvalue weighted by Crippen LogP contribution is 2.66. The van der Waals surface area contributed by atoms with Crippen LogP contribution in [0, 0.1) is 46.3 Å². The zero-order valence-electron chi connectivity index (χ0n) is 22.4. The molecule has 1 amide bonds. The Morgan fingerprint density at radius 3 is 2.43 bits per heavy atom. The number of hydrogen-bond acceptors (Lipinski definition) is 3. The van der Waals surface area contributed by atoms with Crippen LogP contribution in [0.2, 0.25) is 0 Å². The summed E-state index contributed by atoms with van der Waals surface area (Å²) < 4.78 is 0. The lowest BCUT2D eigenvalue weighted by atomic mass is 9.44. The number of carbonyl (C=O) groups is 2. The molecule has 0 bridgehead atoms. The predicted molar refractivity (Wildman–Crippen MR) is 138 cm³/mol. The van der Waals surface area contributed by atoms with Crippen molar-refractivity contribution in [2.24, 2.45) is 46.3 Å². The predicted octanol–water partition coefficient (Wildman–Crippen LogP) is 6.15. The van der Waals surface area contributed by atoms with E-state index in [1.54, 1.807) is 0 Å². The SMILES string of the molecule is C[C@]12CC[C@](O)(CN(CC3CCCCC3)C(=O)C3CC3)C[C@@H]1CC[C@@H]1[C@@H]2CC[C@]2(C)C(=O)CC[C@@H]12. The van der Waals surface area contributed by atoms with E-state index in [9.17, 15) is 14.7 Å². The lowest BCUT2D eigenvalue weighted by molar-refractivity contribution is -0.162. The third kappa shape index (κ3) is 4.22. The second-order valence-electron chi connectivity index (χ2n) is 14.5. The largest absolute Gasteiger partial charge is 0.388 e. The lowest BCUT2D eigenvalue weighted by Gasteiger charge is -2.61. The van der Waals surface area contributed by atoms with Gasteiger partial charge in [-0.25, -0.2) is 0 Å². The quantitative estimate of drug-likeness (QED) is 0.510.